The third kappa shape index (κ3) is 3.94. The lowest BCUT2D eigenvalue weighted by Gasteiger charge is -2.72. The Morgan fingerprint density at radius 2 is 1.59 bits per heavy atom. The number of rotatable bonds is 4. The van der Waals surface area contributed by atoms with Gasteiger partial charge in [-0.3, -0.25) is 0 Å². The number of nitrogens with two attached hydrogens (primary N) is 1. The first-order valence-electron chi connectivity index (χ1n) is 16.5. The second-order valence-corrected chi connectivity index (χ2v) is 18.1. The molecule has 3 nitrogen and oxygen atoms in total. The van der Waals surface area contributed by atoms with E-state index in [0.717, 1.165) is 29.7 Å². The molecule has 5 aliphatic rings. The second kappa shape index (κ2) is 9.31. The highest BCUT2D eigenvalue weighted by atomic mass is 32.2. The van der Waals surface area contributed by atoms with E-state index in [0.29, 0.717) is 28.1 Å². The molecule has 41 heavy (non-hydrogen) atoms. The van der Waals surface area contributed by atoms with Crippen molar-refractivity contribution < 1.29 is 8.42 Å². The van der Waals surface area contributed by atoms with Gasteiger partial charge in [0.2, 0.25) is 10.0 Å². The summed E-state index contributed by atoms with van der Waals surface area (Å²) in [7, 11) is -3.69. The molecule has 4 saturated carbocycles. The Hall–Kier alpha value is -1.39. The third-order valence-electron chi connectivity index (χ3n) is 15.0. The summed E-state index contributed by atoms with van der Waals surface area (Å²) < 4.78 is 23.7. The molecule has 0 spiro atoms. The van der Waals surface area contributed by atoms with Crippen LogP contribution in [0.1, 0.15) is 118 Å². The van der Waals surface area contributed by atoms with Gasteiger partial charge in [0.1, 0.15) is 0 Å². The Morgan fingerprint density at radius 3 is 2.20 bits per heavy atom. The molecule has 0 aliphatic heterocycles. The summed E-state index contributed by atoms with van der Waals surface area (Å²) in [6.07, 6.45) is 15.9. The van der Waals surface area contributed by atoms with Crippen LogP contribution in [0.3, 0.4) is 0 Å². The minimum absolute atomic E-state index is 0.0234. The molecular formula is C37H55NO2S. The van der Waals surface area contributed by atoms with Crippen molar-refractivity contribution in [3.63, 3.8) is 0 Å². The summed E-state index contributed by atoms with van der Waals surface area (Å²) in [6.45, 7) is 22.4. The van der Waals surface area contributed by atoms with Crippen LogP contribution in [-0.4, -0.2) is 8.42 Å². The summed E-state index contributed by atoms with van der Waals surface area (Å²) in [5.41, 5.74) is 5.56. The first-order valence-corrected chi connectivity index (χ1v) is 18.1. The molecular weight excluding hydrogens is 522 g/mol. The number of hydrogen-bond donors (Lipinski definition) is 1. The Kier molecular flexibility index (Phi) is 6.73. The van der Waals surface area contributed by atoms with Crippen LogP contribution in [0.4, 0.5) is 0 Å². The molecule has 0 bridgehead atoms. The first kappa shape index (κ1) is 29.7. The van der Waals surface area contributed by atoms with Gasteiger partial charge in [0.15, 0.2) is 0 Å². The van der Waals surface area contributed by atoms with Crippen molar-refractivity contribution in [2.24, 2.45) is 61.8 Å². The maximum absolute atomic E-state index is 11.9. The summed E-state index contributed by atoms with van der Waals surface area (Å²) in [6, 6.07) is 7.29. The number of allylic oxidation sites excluding steroid dienone is 3. The number of fused-ring (bicyclic) bond motifs is 7. The Labute approximate surface area is 250 Å². The highest BCUT2D eigenvalue weighted by molar-refractivity contribution is 7.89. The molecule has 0 unspecified atom stereocenters. The van der Waals surface area contributed by atoms with E-state index in [-0.39, 0.29) is 15.7 Å². The Morgan fingerprint density at radius 1 is 0.902 bits per heavy atom. The van der Waals surface area contributed by atoms with Gasteiger partial charge >= 0.3 is 0 Å². The maximum Gasteiger partial charge on any atom is 0.238 e. The van der Waals surface area contributed by atoms with E-state index in [2.05, 4.69) is 61.1 Å². The first-order chi connectivity index (χ1) is 19.1. The van der Waals surface area contributed by atoms with E-state index in [9.17, 15) is 8.42 Å². The zero-order chi connectivity index (χ0) is 29.8. The smallest absolute Gasteiger partial charge is 0.225 e. The monoisotopic (exact) mass is 577 g/mol. The SMILES string of the molecule is C=C(C)[C@@H]1CC[C@]2(CC)CC[C@]3(C)[C@H](CC[C@@H]4[C@@]5(C)CC=C(c6ccc(S(N)(=O)=O)cc6)C(C)(C)[C@@H]5CC[C@]43C)[C@@H]12. The molecule has 6 rings (SSSR count). The van der Waals surface area contributed by atoms with Gasteiger partial charge in [0.25, 0.3) is 0 Å². The molecule has 2 N–H and O–H groups in total. The average molecular weight is 578 g/mol. The predicted octanol–water partition coefficient (Wildman–Crippen LogP) is 9.39. The van der Waals surface area contributed by atoms with E-state index in [4.69, 9.17) is 5.14 Å². The predicted molar refractivity (Wildman–Crippen MR) is 170 cm³/mol. The van der Waals surface area contributed by atoms with Gasteiger partial charge in [-0.2, -0.15) is 0 Å². The molecule has 1 aromatic rings. The van der Waals surface area contributed by atoms with Crippen LogP contribution < -0.4 is 5.14 Å². The Bertz CT molecular complexity index is 1370. The van der Waals surface area contributed by atoms with E-state index >= 15 is 0 Å². The number of sulfonamides is 1. The molecule has 5 aliphatic carbocycles. The molecule has 226 valence electrons. The van der Waals surface area contributed by atoms with Crippen LogP contribution in [0.25, 0.3) is 5.57 Å². The molecule has 9 atom stereocenters. The lowest BCUT2D eigenvalue weighted by Crippen LogP contribution is -2.65. The quantitative estimate of drug-likeness (QED) is 0.362. The van der Waals surface area contributed by atoms with Gasteiger partial charge in [-0.15, -0.1) is 0 Å². The van der Waals surface area contributed by atoms with Crippen LogP contribution in [0.5, 0.6) is 0 Å². The average Bonchev–Trinajstić information content (AvgIpc) is 3.29. The molecule has 0 saturated heterocycles. The number of hydrogen-bond acceptors (Lipinski definition) is 2. The normalized spacial score (nSPS) is 45.1. The molecule has 0 amide bonds. The van der Waals surface area contributed by atoms with Gasteiger partial charge in [0, 0.05) is 0 Å². The van der Waals surface area contributed by atoms with Crippen LogP contribution >= 0.6 is 0 Å². The summed E-state index contributed by atoms with van der Waals surface area (Å²) in [5, 5.41) is 5.39. The molecule has 1 aromatic carbocycles. The molecule has 4 heteroatoms. The second-order valence-electron chi connectivity index (χ2n) is 16.5. The molecule has 0 heterocycles. The van der Waals surface area contributed by atoms with E-state index in [1.807, 2.05) is 12.1 Å². The van der Waals surface area contributed by atoms with E-state index in [1.165, 1.54) is 68.9 Å². The third-order valence-corrected chi connectivity index (χ3v) is 15.9. The molecule has 0 radical (unpaired) electrons. The van der Waals surface area contributed by atoms with Crippen molar-refractivity contribution in [2.45, 2.75) is 118 Å². The van der Waals surface area contributed by atoms with E-state index < -0.39 is 10.0 Å². The fourth-order valence-corrected chi connectivity index (χ4v) is 13.3. The van der Waals surface area contributed by atoms with Gasteiger partial charge in [-0.1, -0.05) is 78.3 Å². The maximum atomic E-state index is 11.9. The molecule has 0 aromatic heterocycles. The zero-order valence-electron chi connectivity index (χ0n) is 26.9. The minimum Gasteiger partial charge on any atom is -0.225 e. The summed E-state index contributed by atoms with van der Waals surface area (Å²) in [5.74, 6) is 3.70. The van der Waals surface area contributed by atoms with Crippen molar-refractivity contribution >= 4 is 15.6 Å². The number of primary sulfonamides is 1. The highest BCUT2D eigenvalue weighted by Gasteiger charge is 2.70. The van der Waals surface area contributed by atoms with E-state index in [1.54, 1.807) is 12.1 Å². The van der Waals surface area contributed by atoms with Gasteiger partial charge < -0.3 is 0 Å². The van der Waals surface area contributed by atoms with Crippen LogP contribution in [-0.2, 0) is 10.0 Å². The van der Waals surface area contributed by atoms with Crippen LogP contribution in [0.2, 0.25) is 0 Å². The summed E-state index contributed by atoms with van der Waals surface area (Å²) in [4.78, 5) is 0.189. The summed E-state index contributed by atoms with van der Waals surface area (Å²) >= 11 is 0. The minimum atomic E-state index is -3.69. The molecule has 4 fully saturated rings. The van der Waals surface area contributed by atoms with Crippen molar-refractivity contribution in [3.8, 4) is 0 Å². The standard InChI is InChI=1S/C37H55NO2S/c1-9-37-21-16-27(24(2)3)32(37)29-14-15-31-34(6)19-17-28(25-10-12-26(13-11-25)41(38,39)40)33(4,5)30(34)18-20-36(31,8)35(29,7)22-23-37/h10-13,17,27,29-32H,2,9,14-16,18-23H2,1,3-8H3,(H2,38,39,40)/t27-,29+,30-,31+,32+,34-,35+,36+,37+/m0/s1. The van der Waals surface area contributed by atoms with Crippen molar-refractivity contribution in [3.05, 3.63) is 48.1 Å². The van der Waals surface area contributed by atoms with Crippen molar-refractivity contribution in [1.29, 1.82) is 0 Å². The van der Waals surface area contributed by atoms with Gasteiger partial charge in [-0.05, 0) is 145 Å². The topological polar surface area (TPSA) is 60.2 Å². The van der Waals surface area contributed by atoms with Crippen LogP contribution in [0.15, 0.2) is 47.4 Å². The highest BCUT2D eigenvalue weighted by Crippen LogP contribution is 2.78. The van der Waals surface area contributed by atoms with Gasteiger partial charge in [-0.25, -0.2) is 13.6 Å². The fraction of sp³-hybridized carbons (Fsp3) is 0.730. The fourth-order valence-electron chi connectivity index (χ4n) is 12.8. The number of benzene rings is 1. The largest absolute Gasteiger partial charge is 0.238 e. The Balaban J connectivity index is 1.36. The van der Waals surface area contributed by atoms with Crippen molar-refractivity contribution in [1.82, 2.24) is 0 Å². The zero-order valence-corrected chi connectivity index (χ0v) is 27.7. The van der Waals surface area contributed by atoms with Crippen molar-refractivity contribution in [2.75, 3.05) is 0 Å². The van der Waals surface area contributed by atoms with Gasteiger partial charge in [0.05, 0.1) is 4.90 Å². The lowest BCUT2D eigenvalue weighted by molar-refractivity contribution is -0.225. The van der Waals surface area contributed by atoms with Crippen LogP contribution in [0, 0.1) is 56.7 Å². The lowest BCUT2D eigenvalue weighted by atomic mass is 9.32.